The monoisotopic (exact) mass is 311 g/mol. The van der Waals surface area contributed by atoms with Crippen molar-refractivity contribution in [2.45, 2.75) is 32.2 Å². The summed E-state index contributed by atoms with van der Waals surface area (Å²) in [7, 11) is 3.59. The minimum atomic E-state index is 0. The van der Waals surface area contributed by atoms with Crippen molar-refractivity contribution in [3.8, 4) is 5.75 Å². The highest BCUT2D eigenvalue weighted by Gasteiger charge is 2.09. The molecule has 1 N–H and O–H groups in total. The highest BCUT2D eigenvalue weighted by molar-refractivity contribution is 5.85. The minimum Gasteiger partial charge on any atom is -0.497 e. The van der Waals surface area contributed by atoms with Crippen LogP contribution in [0.5, 0.6) is 5.75 Å². The van der Waals surface area contributed by atoms with E-state index in [9.17, 15) is 0 Å². The molecule has 116 valence electrons. The van der Waals surface area contributed by atoms with Crippen LogP contribution in [0.4, 0.5) is 0 Å². The van der Waals surface area contributed by atoms with Crippen molar-refractivity contribution < 1.29 is 9.26 Å². The molecule has 21 heavy (non-hydrogen) atoms. The average Bonchev–Trinajstić information content (AvgIpc) is 2.93. The molecule has 0 aliphatic heterocycles. The number of nitrogens with zero attached hydrogens (tertiary/aromatic N) is 2. The Hall–Kier alpha value is -1.59. The summed E-state index contributed by atoms with van der Waals surface area (Å²) >= 11 is 0. The molecule has 0 radical (unpaired) electrons. The van der Waals surface area contributed by atoms with E-state index in [0.29, 0.717) is 11.9 Å². The van der Waals surface area contributed by atoms with E-state index >= 15 is 0 Å². The fourth-order valence-corrected chi connectivity index (χ4v) is 1.89. The van der Waals surface area contributed by atoms with Gasteiger partial charge in [0.1, 0.15) is 5.75 Å². The fraction of sp³-hybridized carbons (Fsp3) is 0.467. The number of halogens is 1. The van der Waals surface area contributed by atoms with Gasteiger partial charge in [0, 0.05) is 18.9 Å². The van der Waals surface area contributed by atoms with Crippen LogP contribution in [0.15, 0.2) is 28.8 Å². The van der Waals surface area contributed by atoms with Crippen LogP contribution in [-0.2, 0) is 19.3 Å². The lowest BCUT2D eigenvalue weighted by molar-refractivity contribution is 0.371. The predicted octanol–water partition coefficient (Wildman–Crippen LogP) is 2.44. The second-order valence-electron chi connectivity index (χ2n) is 4.85. The average molecular weight is 312 g/mol. The molecule has 0 aliphatic carbocycles. The number of likely N-dealkylation sites (N-methyl/N-ethyl adjacent to an activating group) is 1. The molecule has 1 unspecified atom stereocenters. The third kappa shape index (κ3) is 5.36. The normalized spacial score (nSPS) is 11.8. The molecule has 1 aromatic carbocycles. The van der Waals surface area contributed by atoms with Crippen LogP contribution in [0, 0.1) is 0 Å². The van der Waals surface area contributed by atoms with Gasteiger partial charge in [-0.15, -0.1) is 12.4 Å². The number of rotatable bonds is 7. The van der Waals surface area contributed by atoms with Gasteiger partial charge in [-0.2, -0.15) is 4.98 Å². The first-order valence-electron chi connectivity index (χ1n) is 6.83. The van der Waals surface area contributed by atoms with Crippen LogP contribution in [0.2, 0.25) is 0 Å². The summed E-state index contributed by atoms with van der Waals surface area (Å²) in [5, 5.41) is 7.16. The Morgan fingerprint density at radius 3 is 2.57 bits per heavy atom. The van der Waals surface area contributed by atoms with Gasteiger partial charge in [0.25, 0.3) is 0 Å². The Balaban J connectivity index is 0.00000220. The van der Waals surface area contributed by atoms with Gasteiger partial charge in [-0.05, 0) is 38.1 Å². The van der Waals surface area contributed by atoms with Gasteiger partial charge in [0.2, 0.25) is 5.89 Å². The van der Waals surface area contributed by atoms with Crippen LogP contribution in [0.25, 0.3) is 0 Å². The van der Waals surface area contributed by atoms with Gasteiger partial charge in [-0.1, -0.05) is 17.3 Å². The first-order chi connectivity index (χ1) is 9.71. The van der Waals surface area contributed by atoms with Crippen molar-refractivity contribution in [2.24, 2.45) is 0 Å². The number of benzene rings is 1. The van der Waals surface area contributed by atoms with Gasteiger partial charge in [-0.25, -0.2) is 0 Å². The lowest BCUT2D eigenvalue weighted by atomic mass is 10.1. The summed E-state index contributed by atoms with van der Waals surface area (Å²) in [4.78, 5) is 4.40. The number of hydrogen-bond donors (Lipinski definition) is 1. The summed E-state index contributed by atoms with van der Waals surface area (Å²) in [5.41, 5.74) is 1.23. The third-order valence-electron chi connectivity index (χ3n) is 3.28. The number of aryl methyl sites for hydroxylation is 2. The van der Waals surface area contributed by atoms with Crippen LogP contribution in [-0.4, -0.2) is 30.3 Å². The van der Waals surface area contributed by atoms with Crippen molar-refractivity contribution >= 4 is 12.4 Å². The minimum absolute atomic E-state index is 0. The third-order valence-corrected chi connectivity index (χ3v) is 3.28. The summed E-state index contributed by atoms with van der Waals surface area (Å²) in [6.45, 7) is 2.09. The zero-order valence-corrected chi connectivity index (χ0v) is 13.4. The second kappa shape index (κ2) is 8.64. The standard InChI is InChI=1S/C15H21N3O2.ClH/c1-11(16-2)10-14-17-15(20-18-14)9-6-12-4-7-13(19-3)8-5-12;/h4-5,7-8,11,16H,6,9-10H2,1-3H3;1H. The number of nitrogens with one attached hydrogen (secondary N) is 1. The molecule has 5 nitrogen and oxygen atoms in total. The zero-order chi connectivity index (χ0) is 14.4. The van der Waals surface area contributed by atoms with Crippen molar-refractivity contribution in [1.29, 1.82) is 0 Å². The molecular weight excluding hydrogens is 290 g/mol. The molecule has 0 amide bonds. The molecule has 1 heterocycles. The number of methoxy groups -OCH3 is 1. The molecule has 0 fully saturated rings. The molecule has 0 bridgehead atoms. The van der Waals surface area contributed by atoms with E-state index in [2.05, 4.69) is 34.5 Å². The molecule has 0 spiro atoms. The van der Waals surface area contributed by atoms with Crippen molar-refractivity contribution in [2.75, 3.05) is 14.2 Å². The van der Waals surface area contributed by atoms with Gasteiger partial charge in [0.15, 0.2) is 5.82 Å². The number of aromatic nitrogens is 2. The summed E-state index contributed by atoms with van der Waals surface area (Å²) in [6.07, 6.45) is 2.42. The fourth-order valence-electron chi connectivity index (χ4n) is 1.89. The maximum absolute atomic E-state index is 5.26. The molecule has 0 saturated heterocycles. The second-order valence-corrected chi connectivity index (χ2v) is 4.85. The zero-order valence-electron chi connectivity index (χ0n) is 12.6. The first-order valence-corrected chi connectivity index (χ1v) is 6.83. The molecule has 2 rings (SSSR count). The lowest BCUT2D eigenvalue weighted by Gasteiger charge is -2.04. The van der Waals surface area contributed by atoms with Crippen LogP contribution in [0.1, 0.15) is 24.2 Å². The lowest BCUT2D eigenvalue weighted by Crippen LogP contribution is -2.24. The van der Waals surface area contributed by atoms with Crippen LogP contribution in [0.3, 0.4) is 0 Å². The van der Waals surface area contributed by atoms with Gasteiger partial charge >= 0.3 is 0 Å². The Morgan fingerprint density at radius 1 is 1.24 bits per heavy atom. The molecule has 1 aromatic heterocycles. The van der Waals surface area contributed by atoms with E-state index in [1.165, 1.54) is 5.56 Å². The smallest absolute Gasteiger partial charge is 0.226 e. The molecule has 6 heteroatoms. The van der Waals surface area contributed by atoms with Crippen LogP contribution >= 0.6 is 12.4 Å². The van der Waals surface area contributed by atoms with E-state index in [4.69, 9.17) is 9.26 Å². The number of ether oxygens (including phenoxy) is 1. The van der Waals surface area contributed by atoms with Crippen molar-refractivity contribution in [3.05, 3.63) is 41.5 Å². The summed E-state index contributed by atoms with van der Waals surface area (Å²) < 4.78 is 10.4. The maximum Gasteiger partial charge on any atom is 0.226 e. The maximum atomic E-state index is 5.26. The van der Waals surface area contributed by atoms with Gasteiger partial charge in [-0.3, -0.25) is 0 Å². The van der Waals surface area contributed by atoms with E-state index in [1.54, 1.807) is 7.11 Å². The van der Waals surface area contributed by atoms with Gasteiger partial charge < -0.3 is 14.6 Å². The van der Waals surface area contributed by atoms with Crippen molar-refractivity contribution in [3.63, 3.8) is 0 Å². The molecule has 0 saturated carbocycles. The van der Waals surface area contributed by atoms with Gasteiger partial charge in [0.05, 0.1) is 7.11 Å². The molecule has 0 aliphatic rings. The van der Waals surface area contributed by atoms with E-state index in [1.807, 2.05) is 19.2 Å². The highest BCUT2D eigenvalue weighted by atomic mass is 35.5. The van der Waals surface area contributed by atoms with Crippen LogP contribution < -0.4 is 10.1 Å². The number of hydrogen-bond acceptors (Lipinski definition) is 5. The Kier molecular flexibility index (Phi) is 7.19. The Labute approximate surface area is 131 Å². The summed E-state index contributed by atoms with van der Waals surface area (Å²) in [6, 6.07) is 8.38. The predicted molar refractivity (Wildman–Crippen MR) is 84.2 cm³/mol. The largest absolute Gasteiger partial charge is 0.497 e. The quantitative estimate of drug-likeness (QED) is 0.851. The molecule has 2 aromatic rings. The first kappa shape index (κ1) is 17.5. The van der Waals surface area contributed by atoms with E-state index < -0.39 is 0 Å². The van der Waals surface area contributed by atoms with E-state index in [0.717, 1.165) is 30.8 Å². The molecule has 1 atom stereocenters. The Bertz CT molecular complexity index is 528. The highest BCUT2D eigenvalue weighted by Crippen LogP contribution is 2.13. The molecular formula is C15H22ClN3O2. The SMILES string of the molecule is CNC(C)Cc1noc(CCc2ccc(OC)cc2)n1.Cl. The summed E-state index contributed by atoms with van der Waals surface area (Å²) in [5.74, 6) is 2.32. The Morgan fingerprint density at radius 2 is 1.95 bits per heavy atom. The van der Waals surface area contributed by atoms with Crippen molar-refractivity contribution in [1.82, 2.24) is 15.5 Å². The topological polar surface area (TPSA) is 60.2 Å². The van der Waals surface area contributed by atoms with E-state index in [-0.39, 0.29) is 12.4 Å².